The van der Waals surface area contributed by atoms with E-state index in [-0.39, 0.29) is 0 Å². The Balaban J connectivity index is 2.43. The van der Waals surface area contributed by atoms with Gasteiger partial charge in [-0.2, -0.15) is 0 Å². The molecule has 4 heteroatoms. The maximum atomic E-state index is 12.9. The van der Waals surface area contributed by atoms with Crippen LogP contribution in [0, 0.1) is 11.6 Å². The Kier molecular flexibility index (Phi) is 4.02. The highest BCUT2D eigenvalue weighted by molar-refractivity contribution is 5.60. The first-order chi connectivity index (χ1) is 9.11. The number of rotatable bonds is 4. The van der Waals surface area contributed by atoms with Crippen LogP contribution in [0.1, 0.15) is 17.0 Å². The summed E-state index contributed by atoms with van der Waals surface area (Å²) >= 11 is 0. The van der Waals surface area contributed by atoms with Gasteiger partial charge in [-0.05, 0) is 35.4 Å². The molecule has 1 atom stereocenters. The lowest BCUT2D eigenvalue weighted by atomic mass is 9.87. The van der Waals surface area contributed by atoms with Gasteiger partial charge in [-0.25, -0.2) is 8.78 Å². The predicted octanol–water partition coefficient (Wildman–Crippen LogP) is 2.66. The van der Waals surface area contributed by atoms with Crippen LogP contribution in [-0.2, 0) is 4.79 Å². The molecule has 0 aliphatic rings. The normalized spacial score (nSPS) is 12.4. The number of hydrogen-bond acceptors (Lipinski definition) is 2. The fourth-order valence-electron chi connectivity index (χ4n) is 2.01. The van der Waals surface area contributed by atoms with Gasteiger partial charge in [-0.1, -0.05) is 24.3 Å². The van der Waals surface area contributed by atoms with Crippen molar-refractivity contribution >= 4 is 6.29 Å². The largest absolute Gasteiger partial charge is 0.385 e. The first kappa shape index (κ1) is 13.4. The van der Waals surface area contributed by atoms with Crippen LogP contribution >= 0.6 is 0 Å². The number of halogens is 2. The summed E-state index contributed by atoms with van der Waals surface area (Å²) in [6.45, 7) is 0. The maximum Gasteiger partial charge on any atom is 0.149 e. The highest BCUT2D eigenvalue weighted by atomic mass is 19.1. The maximum absolute atomic E-state index is 12.9. The molecule has 0 amide bonds. The molecule has 98 valence electrons. The molecule has 0 saturated heterocycles. The van der Waals surface area contributed by atoms with E-state index >= 15 is 0 Å². The molecule has 2 nitrogen and oxygen atoms in total. The lowest BCUT2D eigenvalue weighted by Gasteiger charge is -2.20. The van der Waals surface area contributed by atoms with E-state index in [1.807, 2.05) is 0 Å². The van der Waals surface area contributed by atoms with Crippen LogP contribution in [0.4, 0.5) is 8.78 Å². The number of carbonyl (C=O) groups is 1. The number of aldehydes is 1. The summed E-state index contributed by atoms with van der Waals surface area (Å²) in [6, 6.07) is 11.0. The average Bonchev–Trinajstić information content (AvgIpc) is 2.43. The molecule has 0 bridgehead atoms. The fraction of sp³-hybridized carbons (Fsp3) is 0.133. The summed E-state index contributed by atoms with van der Waals surface area (Å²) in [5, 5.41) is 9.81. The Hall–Kier alpha value is -2.07. The van der Waals surface area contributed by atoms with E-state index in [4.69, 9.17) is 0 Å². The topological polar surface area (TPSA) is 37.3 Å². The molecule has 0 heterocycles. The molecule has 2 rings (SSSR count). The van der Waals surface area contributed by atoms with Crippen molar-refractivity contribution in [1.82, 2.24) is 0 Å². The van der Waals surface area contributed by atoms with E-state index in [0.717, 1.165) is 0 Å². The Morgan fingerprint density at radius 3 is 1.53 bits per heavy atom. The van der Waals surface area contributed by atoms with Crippen LogP contribution in [0.3, 0.4) is 0 Å². The zero-order valence-corrected chi connectivity index (χ0v) is 9.96. The van der Waals surface area contributed by atoms with Crippen molar-refractivity contribution in [1.29, 1.82) is 0 Å². The molecule has 0 spiro atoms. The highest BCUT2D eigenvalue weighted by Crippen LogP contribution is 2.27. The van der Waals surface area contributed by atoms with Crippen molar-refractivity contribution < 1.29 is 18.7 Å². The van der Waals surface area contributed by atoms with Gasteiger partial charge in [0, 0.05) is 5.92 Å². The second-order valence-electron chi connectivity index (χ2n) is 4.21. The summed E-state index contributed by atoms with van der Waals surface area (Å²) in [7, 11) is 0. The predicted molar refractivity (Wildman–Crippen MR) is 66.7 cm³/mol. The number of hydrogen-bond donors (Lipinski definition) is 1. The molecule has 0 radical (unpaired) electrons. The van der Waals surface area contributed by atoms with Gasteiger partial charge in [-0.15, -0.1) is 0 Å². The third kappa shape index (κ3) is 3.03. The fourth-order valence-corrected chi connectivity index (χ4v) is 2.01. The quantitative estimate of drug-likeness (QED) is 0.860. The van der Waals surface area contributed by atoms with Crippen LogP contribution in [0.25, 0.3) is 0 Å². The van der Waals surface area contributed by atoms with Gasteiger partial charge in [0.25, 0.3) is 0 Å². The van der Waals surface area contributed by atoms with E-state index in [1.54, 1.807) is 0 Å². The summed E-state index contributed by atoms with van der Waals surface area (Å²) in [4.78, 5) is 10.8. The minimum atomic E-state index is -1.27. The van der Waals surface area contributed by atoms with Gasteiger partial charge in [0.15, 0.2) is 0 Å². The van der Waals surface area contributed by atoms with Crippen molar-refractivity contribution in [3.05, 3.63) is 71.3 Å². The van der Waals surface area contributed by atoms with Crippen LogP contribution < -0.4 is 0 Å². The second kappa shape index (κ2) is 5.71. The third-order valence-corrected chi connectivity index (χ3v) is 2.94. The Labute approximate surface area is 109 Å². The molecule has 0 aliphatic heterocycles. The third-order valence-electron chi connectivity index (χ3n) is 2.94. The number of aliphatic hydroxyl groups excluding tert-OH is 1. The monoisotopic (exact) mass is 262 g/mol. The Bertz CT molecular complexity index is 504. The van der Waals surface area contributed by atoms with Crippen molar-refractivity contribution in [2.45, 2.75) is 12.0 Å². The standard InChI is InChI=1S/C15H12F2O2/c16-12-5-1-10(2-6-12)15(14(19)9-18)11-3-7-13(17)8-4-11/h1-9,14-15,19H. The van der Waals surface area contributed by atoms with Crippen LogP contribution in [0.15, 0.2) is 48.5 Å². The van der Waals surface area contributed by atoms with Crippen LogP contribution in [0.2, 0.25) is 0 Å². The minimum absolute atomic E-state index is 0.401. The minimum Gasteiger partial charge on any atom is -0.385 e. The molecule has 2 aromatic carbocycles. The molecule has 0 fully saturated rings. The van der Waals surface area contributed by atoms with Crippen molar-refractivity contribution in [3.63, 3.8) is 0 Å². The van der Waals surface area contributed by atoms with Crippen molar-refractivity contribution in [3.8, 4) is 0 Å². The SMILES string of the molecule is O=CC(O)C(c1ccc(F)cc1)c1ccc(F)cc1. The molecule has 0 aromatic heterocycles. The number of carbonyl (C=O) groups excluding carboxylic acids is 1. The average molecular weight is 262 g/mol. The van der Waals surface area contributed by atoms with E-state index in [0.29, 0.717) is 17.4 Å². The molecular weight excluding hydrogens is 250 g/mol. The lowest BCUT2D eigenvalue weighted by Crippen LogP contribution is -2.21. The molecule has 19 heavy (non-hydrogen) atoms. The molecule has 2 aromatic rings. The van der Waals surface area contributed by atoms with Gasteiger partial charge in [0.2, 0.25) is 0 Å². The first-order valence-corrected chi connectivity index (χ1v) is 5.76. The summed E-state index contributed by atoms with van der Waals surface area (Å²) in [5.41, 5.74) is 1.18. The smallest absolute Gasteiger partial charge is 0.149 e. The number of benzene rings is 2. The summed E-state index contributed by atoms with van der Waals surface area (Å²) < 4.78 is 25.8. The zero-order chi connectivity index (χ0) is 13.8. The molecule has 0 aliphatic carbocycles. The van der Waals surface area contributed by atoms with E-state index in [1.165, 1.54) is 48.5 Å². The lowest BCUT2D eigenvalue weighted by molar-refractivity contribution is -0.115. The highest BCUT2D eigenvalue weighted by Gasteiger charge is 2.22. The number of aliphatic hydroxyl groups is 1. The van der Waals surface area contributed by atoms with Gasteiger partial charge in [-0.3, -0.25) is 0 Å². The van der Waals surface area contributed by atoms with E-state index in [2.05, 4.69) is 0 Å². The molecular formula is C15H12F2O2. The van der Waals surface area contributed by atoms with Gasteiger partial charge >= 0.3 is 0 Å². The summed E-state index contributed by atoms with van der Waals surface area (Å²) in [6.07, 6.45) is -0.854. The van der Waals surface area contributed by atoms with Crippen molar-refractivity contribution in [2.24, 2.45) is 0 Å². The molecule has 1 N–H and O–H groups in total. The van der Waals surface area contributed by atoms with Crippen LogP contribution in [0.5, 0.6) is 0 Å². The van der Waals surface area contributed by atoms with Crippen molar-refractivity contribution in [2.75, 3.05) is 0 Å². The Morgan fingerprint density at radius 2 is 1.21 bits per heavy atom. The van der Waals surface area contributed by atoms with E-state index < -0.39 is 23.7 Å². The second-order valence-corrected chi connectivity index (χ2v) is 4.21. The first-order valence-electron chi connectivity index (χ1n) is 5.76. The van der Waals surface area contributed by atoms with Gasteiger partial charge < -0.3 is 9.90 Å². The van der Waals surface area contributed by atoms with Gasteiger partial charge in [0.1, 0.15) is 24.0 Å². The summed E-state index contributed by atoms with van der Waals surface area (Å²) in [5.74, 6) is -1.44. The zero-order valence-electron chi connectivity index (χ0n) is 9.96. The van der Waals surface area contributed by atoms with Gasteiger partial charge in [0.05, 0.1) is 0 Å². The van der Waals surface area contributed by atoms with E-state index in [9.17, 15) is 18.7 Å². The van der Waals surface area contributed by atoms with Crippen LogP contribution in [-0.4, -0.2) is 17.5 Å². The molecule has 0 saturated carbocycles. The Morgan fingerprint density at radius 1 is 0.842 bits per heavy atom. The molecule has 1 unspecified atom stereocenters.